The first-order valence-electron chi connectivity index (χ1n) is 9.52. The van der Waals surface area contributed by atoms with Crippen LogP contribution < -0.4 is 10.2 Å². The molecular weight excluding hydrogens is 352 g/mol. The summed E-state index contributed by atoms with van der Waals surface area (Å²) in [6.45, 7) is 4.17. The summed E-state index contributed by atoms with van der Waals surface area (Å²) >= 11 is 0. The normalized spacial score (nSPS) is 14.1. The Hall–Kier alpha value is -3.35. The molecular formula is C21H24N6O. The summed E-state index contributed by atoms with van der Waals surface area (Å²) in [6, 6.07) is 16.1. The second-order valence-corrected chi connectivity index (χ2v) is 6.85. The minimum absolute atomic E-state index is 0.0310. The molecule has 28 heavy (non-hydrogen) atoms. The third-order valence-electron chi connectivity index (χ3n) is 4.86. The summed E-state index contributed by atoms with van der Waals surface area (Å²) in [5.74, 6) is 0.966. The van der Waals surface area contributed by atoms with Crippen molar-refractivity contribution in [2.24, 2.45) is 0 Å². The summed E-state index contributed by atoms with van der Waals surface area (Å²) in [4.78, 5) is 20.9. The average molecular weight is 376 g/mol. The lowest BCUT2D eigenvalue weighted by atomic mass is 10.2. The van der Waals surface area contributed by atoms with Crippen molar-refractivity contribution in [3.8, 4) is 0 Å². The number of nitrogens with zero attached hydrogens (tertiary/aromatic N) is 5. The molecule has 0 unspecified atom stereocenters. The van der Waals surface area contributed by atoms with Crippen molar-refractivity contribution >= 4 is 11.8 Å². The van der Waals surface area contributed by atoms with Gasteiger partial charge >= 0.3 is 6.03 Å². The molecule has 0 aliphatic carbocycles. The quantitative estimate of drug-likeness (QED) is 0.742. The fraction of sp³-hybridized carbons (Fsp3) is 0.286. The molecule has 4 rings (SSSR count). The Morgan fingerprint density at radius 2 is 1.75 bits per heavy atom. The number of urea groups is 1. The fourth-order valence-electron chi connectivity index (χ4n) is 3.32. The molecule has 2 aromatic heterocycles. The largest absolute Gasteiger partial charge is 0.353 e. The standard InChI is InChI=1S/C21H24N6O/c28-21(26-12-10-25(11-13-26)20-8-4-5-9-22-20)23-14-19-15-24-27(17-19)16-18-6-2-1-3-7-18/h1-9,15,17H,10-14,16H2,(H,23,28). The number of hydrogen-bond donors (Lipinski definition) is 1. The molecule has 7 heteroatoms. The molecule has 0 saturated carbocycles. The number of carbonyl (C=O) groups excluding carboxylic acids is 1. The molecule has 0 atom stereocenters. The number of carbonyl (C=O) groups is 1. The Balaban J connectivity index is 1.24. The first kappa shape index (κ1) is 18.0. The highest BCUT2D eigenvalue weighted by Crippen LogP contribution is 2.12. The van der Waals surface area contributed by atoms with Gasteiger partial charge in [0.25, 0.3) is 0 Å². The van der Waals surface area contributed by atoms with Gasteiger partial charge in [0, 0.05) is 50.7 Å². The zero-order chi connectivity index (χ0) is 19.2. The molecule has 1 fully saturated rings. The minimum Gasteiger partial charge on any atom is -0.353 e. The van der Waals surface area contributed by atoms with Crippen LogP contribution in [0.1, 0.15) is 11.1 Å². The molecule has 1 aliphatic heterocycles. The molecule has 1 N–H and O–H groups in total. The number of benzene rings is 1. The number of anilines is 1. The van der Waals surface area contributed by atoms with Crippen LogP contribution in [-0.4, -0.2) is 51.9 Å². The average Bonchev–Trinajstić information content (AvgIpc) is 3.21. The molecule has 2 amide bonds. The highest BCUT2D eigenvalue weighted by molar-refractivity contribution is 5.74. The van der Waals surface area contributed by atoms with E-state index >= 15 is 0 Å². The topological polar surface area (TPSA) is 66.3 Å². The number of nitrogens with one attached hydrogen (secondary N) is 1. The van der Waals surface area contributed by atoms with E-state index in [1.807, 2.05) is 58.4 Å². The van der Waals surface area contributed by atoms with Gasteiger partial charge in [0.1, 0.15) is 5.82 Å². The van der Waals surface area contributed by atoms with Gasteiger partial charge in [-0.25, -0.2) is 9.78 Å². The summed E-state index contributed by atoms with van der Waals surface area (Å²) in [7, 11) is 0. The van der Waals surface area contributed by atoms with Gasteiger partial charge in [-0.2, -0.15) is 5.10 Å². The molecule has 0 spiro atoms. The third kappa shape index (κ3) is 4.49. The number of amides is 2. The Bertz CT molecular complexity index is 888. The van der Waals surface area contributed by atoms with Crippen LogP contribution >= 0.6 is 0 Å². The van der Waals surface area contributed by atoms with E-state index in [-0.39, 0.29) is 6.03 Å². The van der Waals surface area contributed by atoms with Crippen molar-refractivity contribution in [2.45, 2.75) is 13.1 Å². The van der Waals surface area contributed by atoms with Crippen molar-refractivity contribution in [3.05, 3.63) is 78.2 Å². The van der Waals surface area contributed by atoms with Crippen molar-refractivity contribution in [3.63, 3.8) is 0 Å². The second-order valence-electron chi connectivity index (χ2n) is 6.85. The first-order chi connectivity index (χ1) is 13.8. The smallest absolute Gasteiger partial charge is 0.317 e. The van der Waals surface area contributed by atoms with Crippen molar-refractivity contribution < 1.29 is 4.79 Å². The number of hydrogen-bond acceptors (Lipinski definition) is 4. The Labute approximate surface area is 164 Å². The molecule has 3 aromatic rings. The molecule has 0 bridgehead atoms. The number of aromatic nitrogens is 3. The van der Waals surface area contributed by atoms with Crippen molar-refractivity contribution in [2.75, 3.05) is 31.1 Å². The number of pyridine rings is 1. The van der Waals surface area contributed by atoms with E-state index in [2.05, 4.69) is 32.4 Å². The molecule has 1 aliphatic rings. The van der Waals surface area contributed by atoms with Crippen LogP contribution in [0.4, 0.5) is 10.6 Å². The van der Waals surface area contributed by atoms with Crippen LogP contribution in [0, 0.1) is 0 Å². The molecule has 7 nitrogen and oxygen atoms in total. The summed E-state index contributed by atoms with van der Waals surface area (Å²) in [5, 5.41) is 7.38. The van der Waals surface area contributed by atoms with Crippen LogP contribution in [0.15, 0.2) is 67.1 Å². The van der Waals surface area contributed by atoms with Crippen molar-refractivity contribution in [1.29, 1.82) is 0 Å². The van der Waals surface area contributed by atoms with Gasteiger partial charge < -0.3 is 15.1 Å². The Kier molecular flexibility index (Phi) is 5.51. The van der Waals surface area contributed by atoms with Crippen LogP contribution in [0.3, 0.4) is 0 Å². The molecule has 1 aromatic carbocycles. The van der Waals surface area contributed by atoms with E-state index in [0.717, 1.165) is 31.0 Å². The third-order valence-corrected chi connectivity index (χ3v) is 4.86. The second kappa shape index (κ2) is 8.56. The number of rotatable bonds is 5. The molecule has 0 radical (unpaired) electrons. The SMILES string of the molecule is O=C(NCc1cnn(Cc2ccccc2)c1)N1CCN(c2ccccn2)CC1. The predicted octanol–water partition coefficient (Wildman–Crippen LogP) is 2.36. The highest BCUT2D eigenvalue weighted by atomic mass is 16.2. The number of piperazine rings is 1. The van der Waals surface area contributed by atoms with E-state index in [0.29, 0.717) is 19.6 Å². The maximum absolute atomic E-state index is 12.5. The van der Waals surface area contributed by atoms with Crippen molar-refractivity contribution in [1.82, 2.24) is 25.0 Å². The maximum atomic E-state index is 12.5. The zero-order valence-corrected chi connectivity index (χ0v) is 15.7. The fourth-order valence-corrected chi connectivity index (χ4v) is 3.32. The lowest BCUT2D eigenvalue weighted by Crippen LogP contribution is -2.51. The Morgan fingerprint density at radius 1 is 0.964 bits per heavy atom. The summed E-state index contributed by atoms with van der Waals surface area (Å²) < 4.78 is 1.89. The molecule has 3 heterocycles. The van der Waals surface area contributed by atoms with Gasteiger partial charge in [-0.05, 0) is 17.7 Å². The molecule has 144 valence electrons. The van der Waals surface area contributed by atoms with Gasteiger partial charge in [-0.1, -0.05) is 36.4 Å². The van der Waals surface area contributed by atoms with E-state index in [1.165, 1.54) is 5.56 Å². The lowest BCUT2D eigenvalue weighted by molar-refractivity contribution is 0.194. The van der Waals surface area contributed by atoms with Gasteiger partial charge in [0.15, 0.2) is 0 Å². The highest BCUT2D eigenvalue weighted by Gasteiger charge is 2.21. The van der Waals surface area contributed by atoms with Gasteiger partial charge in [-0.15, -0.1) is 0 Å². The predicted molar refractivity (Wildman–Crippen MR) is 108 cm³/mol. The zero-order valence-electron chi connectivity index (χ0n) is 15.7. The van der Waals surface area contributed by atoms with E-state index < -0.39 is 0 Å². The summed E-state index contributed by atoms with van der Waals surface area (Å²) in [6.07, 6.45) is 5.58. The van der Waals surface area contributed by atoms with Gasteiger partial charge in [-0.3, -0.25) is 4.68 Å². The molecule has 1 saturated heterocycles. The van der Waals surface area contributed by atoms with E-state index in [9.17, 15) is 4.79 Å². The van der Waals surface area contributed by atoms with E-state index in [4.69, 9.17) is 0 Å². The van der Waals surface area contributed by atoms with Crippen LogP contribution in [0.5, 0.6) is 0 Å². The van der Waals surface area contributed by atoms with E-state index in [1.54, 1.807) is 6.20 Å². The lowest BCUT2D eigenvalue weighted by Gasteiger charge is -2.35. The van der Waals surface area contributed by atoms with Crippen LogP contribution in [-0.2, 0) is 13.1 Å². The van der Waals surface area contributed by atoms with Gasteiger partial charge in [0.2, 0.25) is 0 Å². The first-order valence-corrected chi connectivity index (χ1v) is 9.52. The van der Waals surface area contributed by atoms with Gasteiger partial charge in [0.05, 0.1) is 12.7 Å². The van der Waals surface area contributed by atoms with Crippen LogP contribution in [0.25, 0.3) is 0 Å². The van der Waals surface area contributed by atoms with Crippen LogP contribution in [0.2, 0.25) is 0 Å². The Morgan fingerprint density at radius 3 is 2.50 bits per heavy atom. The monoisotopic (exact) mass is 376 g/mol. The summed E-state index contributed by atoms with van der Waals surface area (Å²) in [5.41, 5.74) is 2.20. The minimum atomic E-state index is -0.0310. The maximum Gasteiger partial charge on any atom is 0.317 e.